The zero-order valence-electron chi connectivity index (χ0n) is 10.2. The number of nitrogen functional groups attached to an aromatic ring is 1. The van der Waals surface area contributed by atoms with Gasteiger partial charge in [-0.2, -0.15) is 0 Å². The van der Waals surface area contributed by atoms with Crippen molar-refractivity contribution in [2.24, 2.45) is 11.8 Å². The Morgan fingerprint density at radius 1 is 1.33 bits per heavy atom. The molecule has 2 fully saturated rings. The first-order valence-corrected chi connectivity index (χ1v) is 6.53. The van der Waals surface area contributed by atoms with E-state index in [4.69, 9.17) is 5.73 Å². The summed E-state index contributed by atoms with van der Waals surface area (Å²) in [6, 6.07) is 4.96. The Morgan fingerprint density at radius 3 is 2.78 bits per heavy atom. The number of aromatic hydroxyl groups is 1. The van der Waals surface area contributed by atoms with Gasteiger partial charge in [-0.25, -0.2) is 0 Å². The molecule has 3 unspecified atom stereocenters. The molecule has 0 saturated heterocycles. The highest BCUT2D eigenvalue weighted by atomic mass is 16.3. The molecule has 3 atom stereocenters. The van der Waals surface area contributed by atoms with Crippen molar-refractivity contribution >= 4 is 11.6 Å². The van der Waals surface area contributed by atoms with Gasteiger partial charge in [0.15, 0.2) is 0 Å². The Balaban J connectivity index is 1.69. The van der Waals surface area contributed by atoms with Crippen molar-refractivity contribution in [2.75, 3.05) is 5.73 Å². The molecular weight excluding hydrogens is 228 g/mol. The molecule has 4 N–H and O–H groups in total. The number of anilines is 1. The van der Waals surface area contributed by atoms with Crippen LogP contribution in [0.15, 0.2) is 18.2 Å². The number of amides is 1. The molecule has 0 aliphatic heterocycles. The fourth-order valence-corrected chi connectivity index (χ4v) is 3.36. The summed E-state index contributed by atoms with van der Waals surface area (Å²) >= 11 is 0. The summed E-state index contributed by atoms with van der Waals surface area (Å²) in [6.45, 7) is 0. The number of benzene rings is 1. The van der Waals surface area contributed by atoms with Crippen molar-refractivity contribution in [1.82, 2.24) is 5.32 Å². The van der Waals surface area contributed by atoms with E-state index in [9.17, 15) is 9.90 Å². The number of hydrogen-bond acceptors (Lipinski definition) is 3. The highest BCUT2D eigenvalue weighted by Crippen LogP contribution is 2.44. The van der Waals surface area contributed by atoms with E-state index in [0.29, 0.717) is 23.2 Å². The Kier molecular flexibility index (Phi) is 2.65. The van der Waals surface area contributed by atoms with E-state index >= 15 is 0 Å². The van der Waals surface area contributed by atoms with Gasteiger partial charge in [0.2, 0.25) is 0 Å². The van der Waals surface area contributed by atoms with Gasteiger partial charge in [0.25, 0.3) is 5.91 Å². The molecule has 2 saturated carbocycles. The molecule has 4 nitrogen and oxygen atoms in total. The van der Waals surface area contributed by atoms with Crippen LogP contribution in [0.2, 0.25) is 0 Å². The Hall–Kier alpha value is -1.71. The summed E-state index contributed by atoms with van der Waals surface area (Å²) in [6.07, 6.45) is 4.93. The van der Waals surface area contributed by atoms with Gasteiger partial charge in [-0.3, -0.25) is 4.79 Å². The first kappa shape index (κ1) is 11.4. The standard InChI is InChI=1S/C14H18N2O2/c15-11-4-3-10(7-13(11)17)14(18)16-12-6-8-1-2-9(12)5-8/h3-4,7-9,12,17H,1-2,5-6,15H2,(H,16,18). The fourth-order valence-electron chi connectivity index (χ4n) is 3.36. The number of nitrogens with one attached hydrogen (secondary N) is 1. The highest BCUT2D eigenvalue weighted by molar-refractivity contribution is 5.95. The number of phenols is 1. The SMILES string of the molecule is Nc1ccc(C(=O)NC2CC3CCC2C3)cc1O. The smallest absolute Gasteiger partial charge is 0.251 e. The van der Waals surface area contributed by atoms with E-state index in [1.165, 1.54) is 25.3 Å². The molecular formula is C14H18N2O2. The minimum Gasteiger partial charge on any atom is -0.506 e. The summed E-state index contributed by atoms with van der Waals surface area (Å²) in [4.78, 5) is 12.1. The van der Waals surface area contributed by atoms with Gasteiger partial charge >= 0.3 is 0 Å². The monoisotopic (exact) mass is 246 g/mol. The highest BCUT2D eigenvalue weighted by Gasteiger charge is 2.40. The number of hydrogen-bond donors (Lipinski definition) is 3. The molecule has 2 aliphatic rings. The summed E-state index contributed by atoms with van der Waals surface area (Å²) in [5, 5.41) is 12.6. The quantitative estimate of drug-likeness (QED) is 0.551. The van der Waals surface area contributed by atoms with Gasteiger partial charge in [0.05, 0.1) is 5.69 Å². The van der Waals surface area contributed by atoms with Crippen molar-refractivity contribution in [3.8, 4) is 5.75 Å². The Labute approximate surface area is 106 Å². The number of phenolic OH excluding ortho intramolecular Hbond substituents is 1. The number of nitrogens with two attached hydrogens (primary N) is 1. The summed E-state index contributed by atoms with van der Waals surface area (Å²) < 4.78 is 0. The summed E-state index contributed by atoms with van der Waals surface area (Å²) in [5.41, 5.74) is 6.29. The third-order valence-corrected chi connectivity index (χ3v) is 4.35. The number of carbonyl (C=O) groups is 1. The average molecular weight is 246 g/mol. The number of rotatable bonds is 2. The molecule has 0 spiro atoms. The molecule has 0 heterocycles. The molecule has 18 heavy (non-hydrogen) atoms. The van der Waals surface area contributed by atoms with Gasteiger partial charge < -0.3 is 16.2 Å². The molecule has 2 aliphatic carbocycles. The molecule has 1 aromatic carbocycles. The molecule has 1 aromatic rings. The largest absolute Gasteiger partial charge is 0.506 e. The van der Waals surface area contributed by atoms with Gasteiger partial charge in [-0.05, 0) is 49.3 Å². The van der Waals surface area contributed by atoms with Crippen molar-refractivity contribution in [3.63, 3.8) is 0 Å². The van der Waals surface area contributed by atoms with E-state index in [2.05, 4.69) is 5.32 Å². The van der Waals surface area contributed by atoms with Crippen molar-refractivity contribution in [3.05, 3.63) is 23.8 Å². The van der Waals surface area contributed by atoms with Crippen LogP contribution in [0.4, 0.5) is 5.69 Å². The second kappa shape index (κ2) is 4.19. The third kappa shape index (κ3) is 1.92. The van der Waals surface area contributed by atoms with Gasteiger partial charge in [0, 0.05) is 11.6 Å². The van der Waals surface area contributed by atoms with Crippen LogP contribution in [0.1, 0.15) is 36.0 Å². The minimum atomic E-state index is -0.108. The first-order chi connectivity index (χ1) is 8.63. The van der Waals surface area contributed by atoms with Crippen molar-refractivity contribution in [2.45, 2.75) is 31.7 Å². The van der Waals surface area contributed by atoms with Crippen LogP contribution in [0.5, 0.6) is 5.75 Å². The lowest BCUT2D eigenvalue weighted by Gasteiger charge is -2.22. The first-order valence-electron chi connectivity index (χ1n) is 6.53. The summed E-state index contributed by atoms with van der Waals surface area (Å²) in [7, 11) is 0. The van der Waals surface area contributed by atoms with Gasteiger partial charge in [-0.15, -0.1) is 0 Å². The zero-order chi connectivity index (χ0) is 12.7. The average Bonchev–Trinajstić information content (AvgIpc) is 2.94. The Bertz CT molecular complexity index is 487. The van der Waals surface area contributed by atoms with Gasteiger partial charge in [0.1, 0.15) is 5.75 Å². The van der Waals surface area contributed by atoms with Crippen LogP contribution < -0.4 is 11.1 Å². The second-order valence-corrected chi connectivity index (χ2v) is 5.53. The van der Waals surface area contributed by atoms with E-state index in [0.717, 1.165) is 12.3 Å². The number of carbonyl (C=O) groups excluding carboxylic acids is 1. The maximum Gasteiger partial charge on any atom is 0.251 e. The lowest BCUT2D eigenvalue weighted by atomic mass is 9.95. The Morgan fingerprint density at radius 2 is 2.17 bits per heavy atom. The molecule has 0 radical (unpaired) electrons. The van der Waals surface area contributed by atoms with Crippen LogP contribution in [-0.4, -0.2) is 17.1 Å². The van der Waals surface area contributed by atoms with Crippen molar-refractivity contribution in [1.29, 1.82) is 0 Å². The molecule has 0 aromatic heterocycles. The van der Waals surface area contributed by atoms with Crippen LogP contribution >= 0.6 is 0 Å². The van der Waals surface area contributed by atoms with Crippen LogP contribution in [-0.2, 0) is 0 Å². The van der Waals surface area contributed by atoms with Gasteiger partial charge in [-0.1, -0.05) is 6.42 Å². The topological polar surface area (TPSA) is 75.4 Å². The lowest BCUT2D eigenvalue weighted by molar-refractivity contribution is 0.0922. The van der Waals surface area contributed by atoms with Crippen molar-refractivity contribution < 1.29 is 9.90 Å². The van der Waals surface area contributed by atoms with Crippen LogP contribution in [0, 0.1) is 11.8 Å². The third-order valence-electron chi connectivity index (χ3n) is 4.35. The minimum absolute atomic E-state index is 0.0319. The maximum absolute atomic E-state index is 12.1. The van der Waals surface area contributed by atoms with E-state index < -0.39 is 0 Å². The maximum atomic E-state index is 12.1. The van der Waals surface area contributed by atoms with E-state index in [1.807, 2.05) is 0 Å². The molecule has 1 amide bonds. The molecule has 3 rings (SSSR count). The van der Waals surface area contributed by atoms with Crippen LogP contribution in [0.25, 0.3) is 0 Å². The van der Waals surface area contributed by atoms with E-state index in [-0.39, 0.29) is 11.7 Å². The fraction of sp³-hybridized carbons (Fsp3) is 0.500. The number of fused-ring (bicyclic) bond motifs is 2. The normalized spacial score (nSPS) is 29.4. The zero-order valence-corrected chi connectivity index (χ0v) is 10.2. The summed E-state index contributed by atoms with van der Waals surface area (Å²) in [5.74, 6) is 1.32. The second-order valence-electron chi connectivity index (χ2n) is 5.53. The predicted octanol–water partition coefficient (Wildman–Crippen LogP) is 1.89. The predicted molar refractivity (Wildman–Crippen MR) is 69.2 cm³/mol. The molecule has 2 bridgehead atoms. The molecule has 96 valence electrons. The lowest BCUT2D eigenvalue weighted by Crippen LogP contribution is -2.38. The van der Waals surface area contributed by atoms with E-state index in [1.54, 1.807) is 12.1 Å². The molecule has 4 heteroatoms. The van der Waals surface area contributed by atoms with Crippen LogP contribution in [0.3, 0.4) is 0 Å².